The fourth-order valence-corrected chi connectivity index (χ4v) is 1.37. The normalized spacial score (nSPS) is 16.7. The van der Waals surface area contributed by atoms with E-state index in [9.17, 15) is 4.79 Å². The van der Waals surface area contributed by atoms with Crippen molar-refractivity contribution in [3.05, 3.63) is 0 Å². The van der Waals surface area contributed by atoms with E-state index in [1.807, 2.05) is 4.90 Å². The molecule has 3 nitrogen and oxygen atoms in total. The number of likely N-dealkylation sites (tertiary alicyclic amines) is 1. The minimum atomic E-state index is 0. The number of rotatable bonds is 0. The van der Waals surface area contributed by atoms with Gasteiger partial charge >= 0.3 is 6.03 Å². The lowest BCUT2D eigenvalue weighted by Gasteiger charge is -2.29. The van der Waals surface area contributed by atoms with Gasteiger partial charge in [-0.15, -0.1) is 12.4 Å². The Morgan fingerprint density at radius 3 is 2.08 bits per heavy atom. The summed E-state index contributed by atoms with van der Waals surface area (Å²) in [4.78, 5) is 14.9. The molecule has 72 valence electrons. The second-order valence-corrected chi connectivity index (χ2v) is 3.22. The molecule has 1 saturated heterocycles. The molecular formula is C8H17ClN2O. The van der Waals surface area contributed by atoms with Crippen LogP contribution in [0.15, 0.2) is 0 Å². The second-order valence-electron chi connectivity index (χ2n) is 3.22. The Bertz CT molecular complexity index is 144. The maximum absolute atomic E-state index is 11.3. The highest BCUT2D eigenvalue weighted by Gasteiger charge is 2.16. The van der Waals surface area contributed by atoms with Crippen molar-refractivity contribution in [3.8, 4) is 0 Å². The number of hydrogen-bond donors (Lipinski definition) is 0. The van der Waals surface area contributed by atoms with Crippen molar-refractivity contribution in [2.24, 2.45) is 0 Å². The predicted molar refractivity (Wildman–Crippen MR) is 51.8 cm³/mol. The SMILES string of the molecule is CN(C)C(=O)N1CCCCC1.Cl. The van der Waals surface area contributed by atoms with Gasteiger partial charge < -0.3 is 9.80 Å². The number of urea groups is 1. The van der Waals surface area contributed by atoms with Crippen LogP contribution in [-0.2, 0) is 0 Å². The standard InChI is InChI=1S/C8H16N2O.ClH/c1-9(2)8(11)10-6-4-3-5-7-10;/h3-7H2,1-2H3;1H. The van der Waals surface area contributed by atoms with Crippen LogP contribution in [0.2, 0.25) is 0 Å². The maximum atomic E-state index is 11.3. The molecule has 0 aliphatic carbocycles. The Morgan fingerprint density at radius 1 is 1.17 bits per heavy atom. The number of hydrogen-bond acceptors (Lipinski definition) is 1. The highest BCUT2D eigenvalue weighted by Crippen LogP contribution is 2.09. The van der Waals surface area contributed by atoms with Crippen LogP contribution in [-0.4, -0.2) is 43.0 Å². The quantitative estimate of drug-likeness (QED) is 0.572. The third kappa shape index (κ3) is 2.89. The Hall–Kier alpha value is -0.440. The van der Waals surface area contributed by atoms with Gasteiger partial charge in [0, 0.05) is 27.2 Å². The van der Waals surface area contributed by atoms with Gasteiger partial charge in [-0.05, 0) is 19.3 Å². The fraction of sp³-hybridized carbons (Fsp3) is 0.875. The van der Waals surface area contributed by atoms with Crippen LogP contribution < -0.4 is 0 Å². The summed E-state index contributed by atoms with van der Waals surface area (Å²) in [6.07, 6.45) is 3.61. The molecule has 0 aromatic heterocycles. The van der Waals surface area contributed by atoms with E-state index in [0.29, 0.717) is 0 Å². The van der Waals surface area contributed by atoms with Crippen molar-refractivity contribution in [1.29, 1.82) is 0 Å². The third-order valence-electron chi connectivity index (χ3n) is 2.01. The monoisotopic (exact) mass is 192 g/mol. The lowest BCUT2D eigenvalue weighted by atomic mass is 10.1. The zero-order chi connectivity index (χ0) is 8.27. The summed E-state index contributed by atoms with van der Waals surface area (Å²) in [7, 11) is 3.61. The smallest absolute Gasteiger partial charge is 0.319 e. The molecule has 0 bridgehead atoms. The number of carbonyl (C=O) groups is 1. The van der Waals surface area contributed by atoms with Crippen molar-refractivity contribution < 1.29 is 4.79 Å². The zero-order valence-electron chi connectivity index (χ0n) is 7.75. The fourth-order valence-electron chi connectivity index (χ4n) is 1.37. The Kier molecular flexibility index (Phi) is 5.06. The number of amides is 2. The van der Waals surface area contributed by atoms with Crippen molar-refractivity contribution in [2.75, 3.05) is 27.2 Å². The summed E-state index contributed by atoms with van der Waals surface area (Å²) in [6.45, 7) is 1.88. The molecule has 1 rings (SSSR count). The zero-order valence-corrected chi connectivity index (χ0v) is 8.56. The molecule has 0 spiro atoms. The van der Waals surface area contributed by atoms with Gasteiger partial charge in [0.25, 0.3) is 0 Å². The lowest BCUT2D eigenvalue weighted by Crippen LogP contribution is -2.42. The number of piperidine rings is 1. The molecule has 0 N–H and O–H groups in total. The van der Waals surface area contributed by atoms with Gasteiger partial charge in [0.15, 0.2) is 0 Å². The van der Waals surface area contributed by atoms with Crippen LogP contribution in [0.4, 0.5) is 4.79 Å². The first kappa shape index (κ1) is 11.6. The molecule has 12 heavy (non-hydrogen) atoms. The molecular weight excluding hydrogens is 176 g/mol. The molecule has 2 amide bonds. The minimum Gasteiger partial charge on any atom is -0.331 e. The molecule has 0 aromatic rings. The Balaban J connectivity index is 0.00000121. The number of halogens is 1. The molecule has 4 heteroatoms. The highest BCUT2D eigenvalue weighted by atomic mass is 35.5. The largest absolute Gasteiger partial charge is 0.331 e. The van der Waals surface area contributed by atoms with Gasteiger partial charge in [0.05, 0.1) is 0 Å². The van der Waals surface area contributed by atoms with Crippen molar-refractivity contribution >= 4 is 18.4 Å². The molecule has 0 radical (unpaired) electrons. The van der Waals surface area contributed by atoms with Crippen LogP contribution in [0.25, 0.3) is 0 Å². The van der Waals surface area contributed by atoms with Crippen molar-refractivity contribution in [2.45, 2.75) is 19.3 Å². The van der Waals surface area contributed by atoms with Crippen LogP contribution in [0.1, 0.15) is 19.3 Å². The van der Waals surface area contributed by atoms with Gasteiger partial charge in [-0.3, -0.25) is 0 Å². The molecule has 0 aromatic carbocycles. The van der Waals surface area contributed by atoms with Gasteiger partial charge in [-0.1, -0.05) is 0 Å². The maximum Gasteiger partial charge on any atom is 0.319 e. The van der Waals surface area contributed by atoms with E-state index in [4.69, 9.17) is 0 Å². The molecule has 1 aliphatic heterocycles. The Labute approximate surface area is 80.1 Å². The van der Waals surface area contributed by atoms with Crippen LogP contribution >= 0.6 is 12.4 Å². The van der Waals surface area contributed by atoms with Crippen molar-refractivity contribution in [3.63, 3.8) is 0 Å². The van der Waals surface area contributed by atoms with Crippen LogP contribution in [0.5, 0.6) is 0 Å². The predicted octanol–water partition coefficient (Wildman–Crippen LogP) is 1.58. The number of nitrogens with zero attached hydrogens (tertiary/aromatic N) is 2. The van der Waals surface area contributed by atoms with Crippen LogP contribution in [0, 0.1) is 0 Å². The molecule has 0 atom stereocenters. The molecule has 1 fully saturated rings. The third-order valence-corrected chi connectivity index (χ3v) is 2.01. The van der Waals surface area contributed by atoms with E-state index in [1.165, 1.54) is 19.3 Å². The van der Waals surface area contributed by atoms with E-state index >= 15 is 0 Å². The highest BCUT2D eigenvalue weighted by molar-refractivity contribution is 5.85. The second kappa shape index (κ2) is 5.25. The summed E-state index contributed by atoms with van der Waals surface area (Å²) in [5.74, 6) is 0. The average Bonchev–Trinajstić information content (AvgIpc) is 2.05. The van der Waals surface area contributed by atoms with Gasteiger partial charge in [-0.2, -0.15) is 0 Å². The summed E-state index contributed by atoms with van der Waals surface area (Å²) in [5.41, 5.74) is 0. The molecule has 1 heterocycles. The van der Waals surface area contributed by atoms with Crippen LogP contribution in [0.3, 0.4) is 0 Å². The van der Waals surface area contributed by atoms with E-state index in [1.54, 1.807) is 19.0 Å². The average molecular weight is 193 g/mol. The summed E-state index contributed by atoms with van der Waals surface area (Å²) >= 11 is 0. The van der Waals surface area contributed by atoms with E-state index in [2.05, 4.69) is 0 Å². The minimum absolute atomic E-state index is 0. The lowest BCUT2D eigenvalue weighted by molar-refractivity contribution is 0.160. The van der Waals surface area contributed by atoms with Gasteiger partial charge in [0.2, 0.25) is 0 Å². The summed E-state index contributed by atoms with van der Waals surface area (Å²) in [6, 6.07) is 0.157. The van der Waals surface area contributed by atoms with E-state index in [-0.39, 0.29) is 18.4 Å². The Morgan fingerprint density at radius 2 is 1.67 bits per heavy atom. The van der Waals surface area contributed by atoms with E-state index < -0.39 is 0 Å². The first-order chi connectivity index (χ1) is 5.22. The van der Waals surface area contributed by atoms with Gasteiger partial charge in [0.1, 0.15) is 0 Å². The first-order valence-corrected chi connectivity index (χ1v) is 4.18. The summed E-state index contributed by atoms with van der Waals surface area (Å²) in [5, 5.41) is 0. The molecule has 0 unspecified atom stereocenters. The first-order valence-electron chi connectivity index (χ1n) is 4.18. The van der Waals surface area contributed by atoms with E-state index in [0.717, 1.165) is 13.1 Å². The molecule has 1 aliphatic rings. The topological polar surface area (TPSA) is 23.6 Å². The molecule has 0 saturated carbocycles. The van der Waals surface area contributed by atoms with Crippen molar-refractivity contribution in [1.82, 2.24) is 9.80 Å². The summed E-state index contributed by atoms with van der Waals surface area (Å²) < 4.78 is 0. The van der Waals surface area contributed by atoms with Gasteiger partial charge in [-0.25, -0.2) is 4.79 Å². The number of carbonyl (C=O) groups excluding carboxylic acids is 1.